The molecule has 0 saturated carbocycles. The fourth-order valence-corrected chi connectivity index (χ4v) is 2.23. The molecule has 0 radical (unpaired) electrons. The van der Waals surface area contributed by atoms with E-state index in [4.69, 9.17) is 11.0 Å². The highest BCUT2D eigenvalue weighted by Crippen LogP contribution is 2.20. The Hall–Kier alpha value is -2.14. The quantitative estimate of drug-likeness (QED) is 0.391. The highest BCUT2D eigenvalue weighted by Gasteiger charge is 2.05. The van der Waals surface area contributed by atoms with Crippen molar-refractivity contribution in [2.75, 3.05) is 5.32 Å². The summed E-state index contributed by atoms with van der Waals surface area (Å²) in [7, 11) is 0. The number of anilines is 1. The number of hydrogen-bond donors (Lipinski definition) is 2. The van der Waals surface area contributed by atoms with Gasteiger partial charge >= 0.3 is 0 Å². The molecule has 1 atom stereocenters. The first kappa shape index (κ1) is 20.9. The van der Waals surface area contributed by atoms with Crippen LogP contribution in [0.1, 0.15) is 42.9 Å². The maximum atomic E-state index is 13.8. The van der Waals surface area contributed by atoms with Gasteiger partial charge in [-0.15, -0.1) is 24.0 Å². The van der Waals surface area contributed by atoms with Crippen LogP contribution in [0.2, 0.25) is 0 Å². The van der Waals surface area contributed by atoms with Crippen molar-refractivity contribution in [1.29, 1.82) is 5.26 Å². The number of nitrogens with one attached hydrogen (secondary N) is 1. The van der Waals surface area contributed by atoms with Gasteiger partial charge in [-0.05, 0) is 42.2 Å². The Morgan fingerprint density at radius 2 is 1.96 bits per heavy atom. The van der Waals surface area contributed by atoms with E-state index in [2.05, 4.69) is 36.3 Å². The summed E-state index contributed by atoms with van der Waals surface area (Å²) in [6.07, 6.45) is 1.09. The lowest BCUT2D eigenvalue weighted by Crippen LogP contribution is -2.22. The van der Waals surface area contributed by atoms with E-state index >= 15 is 0 Å². The molecule has 2 aromatic carbocycles. The smallest absolute Gasteiger partial charge is 0.193 e. The van der Waals surface area contributed by atoms with Gasteiger partial charge in [0.2, 0.25) is 0 Å². The molecule has 6 heteroatoms. The summed E-state index contributed by atoms with van der Waals surface area (Å²) in [4.78, 5) is 4.14. The molecule has 0 bridgehead atoms. The van der Waals surface area contributed by atoms with E-state index in [-0.39, 0.29) is 42.0 Å². The maximum absolute atomic E-state index is 13.8. The van der Waals surface area contributed by atoms with Crippen LogP contribution in [-0.2, 0) is 6.54 Å². The fourth-order valence-electron chi connectivity index (χ4n) is 2.23. The normalized spacial score (nSPS) is 12.0. The highest BCUT2D eigenvalue weighted by atomic mass is 127. The van der Waals surface area contributed by atoms with Crippen molar-refractivity contribution in [3.05, 3.63) is 65.0 Å². The van der Waals surface area contributed by atoms with Crippen molar-refractivity contribution in [2.24, 2.45) is 10.7 Å². The molecule has 2 rings (SSSR count). The van der Waals surface area contributed by atoms with Gasteiger partial charge in [-0.1, -0.05) is 32.0 Å². The van der Waals surface area contributed by atoms with Gasteiger partial charge in [0.25, 0.3) is 0 Å². The fraction of sp³-hybridized carbons (Fsp3) is 0.263. The lowest BCUT2D eigenvalue weighted by molar-refractivity contribution is 0.610. The topological polar surface area (TPSA) is 74.2 Å². The van der Waals surface area contributed by atoms with Gasteiger partial charge in [0.1, 0.15) is 5.82 Å². The number of nitrogens with two attached hydrogens (primary N) is 1. The largest absolute Gasteiger partial charge is 0.370 e. The predicted octanol–water partition coefficient (Wildman–Crippen LogP) is 4.76. The van der Waals surface area contributed by atoms with E-state index in [0.29, 0.717) is 11.5 Å². The van der Waals surface area contributed by atoms with Crippen LogP contribution >= 0.6 is 24.0 Å². The molecule has 0 saturated heterocycles. The standard InChI is InChI=1S/C19H21FN4.HI/c1-3-13(2)15-6-8-17(9-7-15)24-19(22)23-12-16-5-4-14(11-21)10-18(16)20;/h4-10,13H,3,12H2,1-2H3,(H3,22,23,24);1H. The number of nitrogens with zero attached hydrogens (tertiary/aromatic N) is 2. The number of rotatable bonds is 5. The Morgan fingerprint density at radius 3 is 2.52 bits per heavy atom. The van der Waals surface area contributed by atoms with Gasteiger partial charge in [-0.2, -0.15) is 5.26 Å². The van der Waals surface area contributed by atoms with Crippen molar-refractivity contribution >= 4 is 35.6 Å². The first-order valence-electron chi connectivity index (χ1n) is 7.89. The molecule has 0 aliphatic carbocycles. The van der Waals surface area contributed by atoms with E-state index in [1.54, 1.807) is 12.1 Å². The van der Waals surface area contributed by atoms with E-state index < -0.39 is 5.82 Å². The van der Waals surface area contributed by atoms with Crippen molar-refractivity contribution < 1.29 is 4.39 Å². The number of hydrogen-bond acceptors (Lipinski definition) is 2. The zero-order valence-corrected chi connectivity index (χ0v) is 16.6. The Bertz CT molecular complexity index is 766. The van der Waals surface area contributed by atoms with Crippen LogP contribution in [0, 0.1) is 17.1 Å². The van der Waals surface area contributed by atoms with Crippen molar-refractivity contribution in [3.63, 3.8) is 0 Å². The summed E-state index contributed by atoms with van der Waals surface area (Å²) in [6, 6.07) is 14.2. The zero-order valence-electron chi connectivity index (χ0n) is 14.3. The third kappa shape index (κ3) is 6.02. The number of halogens is 2. The van der Waals surface area contributed by atoms with Crippen LogP contribution in [0.3, 0.4) is 0 Å². The molecule has 0 fully saturated rings. The van der Waals surface area contributed by atoms with Crippen LogP contribution in [0.15, 0.2) is 47.5 Å². The molecule has 0 aliphatic rings. The molecule has 0 heterocycles. The number of guanidine groups is 1. The molecule has 0 aromatic heterocycles. The molecule has 0 amide bonds. The Kier molecular flexibility index (Phi) is 8.35. The molecule has 132 valence electrons. The summed E-state index contributed by atoms with van der Waals surface area (Å²) < 4.78 is 13.8. The van der Waals surface area contributed by atoms with Crippen LogP contribution < -0.4 is 11.1 Å². The van der Waals surface area contributed by atoms with Gasteiger partial charge in [-0.25, -0.2) is 9.38 Å². The van der Waals surface area contributed by atoms with Crippen molar-refractivity contribution in [3.8, 4) is 6.07 Å². The first-order chi connectivity index (χ1) is 11.5. The van der Waals surface area contributed by atoms with Gasteiger partial charge in [0, 0.05) is 11.3 Å². The van der Waals surface area contributed by atoms with Gasteiger partial charge in [0.05, 0.1) is 18.2 Å². The molecule has 1 unspecified atom stereocenters. The zero-order chi connectivity index (χ0) is 17.5. The summed E-state index contributed by atoms with van der Waals surface area (Å²) >= 11 is 0. The van der Waals surface area contributed by atoms with Crippen molar-refractivity contribution in [2.45, 2.75) is 32.7 Å². The van der Waals surface area contributed by atoms with Gasteiger partial charge in [-0.3, -0.25) is 0 Å². The minimum atomic E-state index is -0.455. The van der Waals surface area contributed by atoms with Crippen LogP contribution in [0.4, 0.5) is 10.1 Å². The highest BCUT2D eigenvalue weighted by molar-refractivity contribution is 14.0. The Morgan fingerprint density at radius 1 is 1.28 bits per heavy atom. The van der Waals surface area contributed by atoms with Crippen LogP contribution in [0.25, 0.3) is 0 Å². The lowest BCUT2D eigenvalue weighted by atomic mass is 9.99. The Balaban J connectivity index is 0.00000312. The van der Waals surface area contributed by atoms with E-state index in [1.165, 1.54) is 11.6 Å². The summed E-state index contributed by atoms with van der Waals surface area (Å²) in [5, 5.41) is 11.7. The third-order valence-electron chi connectivity index (χ3n) is 3.97. The SMILES string of the molecule is CCC(C)c1ccc(NC(N)=NCc2ccc(C#N)cc2F)cc1.I. The second-order valence-corrected chi connectivity index (χ2v) is 5.68. The molecular formula is C19H22FIN4. The van der Waals surface area contributed by atoms with Gasteiger partial charge in [0.15, 0.2) is 5.96 Å². The minimum absolute atomic E-state index is 0. The summed E-state index contributed by atoms with van der Waals surface area (Å²) in [5.74, 6) is 0.281. The third-order valence-corrected chi connectivity index (χ3v) is 3.97. The van der Waals surface area contributed by atoms with E-state index in [1.807, 2.05) is 18.2 Å². The number of benzene rings is 2. The molecule has 4 nitrogen and oxygen atoms in total. The lowest BCUT2D eigenvalue weighted by Gasteiger charge is -2.11. The molecule has 0 aliphatic heterocycles. The predicted molar refractivity (Wildman–Crippen MR) is 111 cm³/mol. The van der Waals surface area contributed by atoms with Crippen LogP contribution in [-0.4, -0.2) is 5.96 Å². The molecule has 25 heavy (non-hydrogen) atoms. The average Bonchev–Trinajstić information content (AvgIpc) is 2.60. The van der Waals surface area contributed by atoms with Crippen molar-refractivity contribution in [1.82, 2.24) is 0 Å². The maximum Gasteiger partial charge on any atom is 0.193 e. The molecule has 0 spiro atoms. The molecule has 3 N–H and O–H groups in total. The summed E-state index contributed by atoms with van der Waals surface area (Å²) in [5.41, 5.74) is 8.64. The summed E-state index contributed by atoms with van der Waals surface area (Å²) in [6.45, 7) is 4.45. The first-order valence-corrected chi connectivity index (χ1v) is 7.89. The second-order valence-electron chi connectivity index (χ2n) is 5.68. The molecular weight excluding hydrogens is 430 g/mol. The second kappa shape index (κ2) is 9.99. The number of nitriles is 1. The average molecular weight is 452 g/mol. The molecule has 2 aromatic rings. The number of aliphatic imine (C=N–C) groups is 1. The van der Waals surface area contributed by atoms with Gasteiger partial charge < -0.3 is 11.1 Å². The van der Waals surface area contributed by atoms with E-state index in [0.717, 1.165) is 12.1 Å². The van der Waals surface area contributed by atoms with Crippen LogP contribution in [0.5, 0.6) is 0 Å². The van der Waals surface area contributed by atoms with E-state index in [9.17, 15) is 4.39 Å². The monoisotopic (exact) mass is 452 g/mol. The minimum Gasteiger partial charge on any atom is -0.370 e. The Labute approximate surface area is 165 Å².